The third-order valence-corrected chi connectivity index (χ3v) is 4.81. The van der Waals surface area contributed by atoms with E-state index in [0.29, 0.717) is 10.7 Å². The molecule has 2 aromatic carbocycles. The van der Waals surface area contributed by atoms with E-state index in [1.807, 2.05) is 42.6 Å². The molecule has 4 nitrogen and oxygen atoms in total. The van der Waals surface area contributed by atoms with E-state index >= 15 is 0 Å². The lowest BCUT2D eigenvalue weighted by molar-refractivity contribution is 0.102. The zero-order valence-corrected chi connectivity index (χ0v) is 15.6. The molecule has 1 heterocycles. The molecule has 3 aromatic rings. The molecule has 1 amide bonds. The quantitative estimate of drug-likeness (QED) is 0.656. The molecular formula is C18H15BrN2O2S. The van der Waals surface area contributed by atoms with Gasteiger partial charge in [0.1, 0.15) is 5.75 Å². The van der Waals surface area contributed by atoms with Crippen LogP contribution in [-0.2, 0) is 0 Å². The van der Waals surface area contributed by atoms with Gasteiger partial charge in [-0.2, -0.15) is 0 Å². The summed E-state index contributed by atoms with van der Waals surface area (Å²) in [6.07, 6.45) is 0. The number of ether oxygens (including phenoxy) is 1. The zero-order chi connectivity index (χ0) is 17.1. The smallest absolute Gasteiger partial charge is 0.257 e. The number of aryl methyl sites for hydroxylation is 1. The Morgan fingerprint density at radius 3 is 2.62 bits per heavy atom. The van der Waals surface area contributed by atoms with Gasteiger partial charge in [-0.15, -0.1) is 11.3 Å². The highest BCUT2D eigenvalue weighted by atomic mass is 79.9. The van der Waals surface area contributed by atoms with Crippen LogP contribution >= 0.6 is 27.3 Å². The fourth-order valence-corrected chi connectivity index (χ4v) is 3.25. The van der Waals surface area contributed by atoms with Gasteiger partial charge in [0.2, 0.25) is 0 Å². The number of aromatic nitrogens is 1. The molecule has 0 saturated carbocycles. The summed E-state index contributed by atoms with van der Waals surface area (Å²) >= 11 is 4.76. The predicted molar refractivity (Wildman–Crippen MR) is 101 cm³/mol. The molecule has 0 aliphatic heterocycles. The average molecular weight is 403 g/mol. The normalized spacial score (nSPS) is 10.5. The Kier molecular flexibility index (Phi) is 4.97. The number of amides is 1. The molecule has 24 heavy (non-hydrogen) atoms. The fraction of sp³-hybridized carbons (Fsp3) is 0.111. The number of carbonyl (C=O) groups is 1. The molecule has 1 aromatic heterocycles. The number of carbonyl (C=O) groups excluding carboxylic acids is 1. The maximum absolute atomic E-state index is 12.2. The summed E-state index contributed by atoms with van der Waals surface area (Å²) in [7, 11) is 1.65. The van der Waals surface area contributed by atoms with Crippen molar-refractivity contribution in [3.05, 3.63) is 63.4 Å². The molecule has 3 rings (SSSR count). The van der Waals surface area contributed by atoms with Crippen LogP contribution in [0.15, 0.2) is 52.3 Å². The van der Waals surface area contributed by atoms with Crippen molar-refractivity contribution in [2.75, 3.05) is 12.4 Å². The van der Waals surface area contributed by atoms with Crippen molar-refractivity contribution in [1.29, 1.82) is 0 Å². The Morgan fingerprint density at radius 2 is 1.96 bits per heavy atom. The number of hydrogen-bond acceptors (Lipinski definition) is 4. The van der Waals surface area contributed by atoms with Gasteiger partial charge in [0, 0.05) is 21.0 Å². The van der Waals surface area contributed by atoms with Crippen molar-refractivity contribution in [3.8, 4) is 17.0 Å². The summed E-state index contributed by atoms with van der Waals surface area (Å²) in [4.78, 5) is 16.7. The largest absolute Gasteiger partial charge is 0.496 e. The van der Waals surface area contributed by atoms with Crippen molar-refractivity contribution in [1.82, 2.24) is 4.98 Å². The second-order valence-electron chi connectivity index (χ2n) is 5.18. The molecule has 122 valence electrons. The Hall–Kier alpha value is -2.18. The molecule has 0 atom stereocenters. The third-order valence-electron chi connectivity index (χ3n) is 3.52. The zero-order valence-electron chi connectivity index (χ0n) is 13.2. The highest BCUT2D eigenvalue weighted by molar-refractivity contribution is 9.10. The summed E-state index contributed by atoms with van der Waals surface area (Å²) in [5, 5.41) is 5.34. The minimum atomic E-state index is -0.172. The van der Waals surface area contributed by atoms with E-state index in [1.54, 1.807) is 19.2 Å². The monoisotopic (exact) mass is 402 g/mol. The van der Waals surface area contributed by atoms with Crippen LogP contribution < -0.4 is 10.1 Å². The van der Waals surface area contributed by atoms with E-state index in [2.05, 4.69) is 26.2 Å². The van der Waals surface area contributed by atoms with Crippen molar-refractivity contribution in [2.24, 2.45) is 0 Å². The van der Waals surface area contributed by atoms with Crippen LogP contribution in [0.2, 0.25) is 0 Å². The molecule has 0 radical (unpaired) electrons. The number of benzene rings is 2. The van der Waals surface area contributed by atoms with Gasteiger partial charge in [-0.25, -0.2) is 4.98 Å². The van der Waals surface area contributed by atoms with Crippen LogP contribution in [0.3, 0.4) is 0 Å². The number of nitrogens with zero attached hydrogens (tertiary/aromatic N) is 1. The molecule has 0 spiro atoms. The van der Waals surface area contributed by atoms with Crippen LogP contribution in [0.1, 0.15) is 15.9 Å². The van der Waals surface area contributed by atoms with Gasteiger partial charge in [0.05, 0.1) is 12.8 Å². The number of anilines is 1. The van der Waals surface area contributed by atoms with Gasteiger partial charge >= 0.3 is 0 Å². The van der Waals surface area contributed by atoms with E-state index in [0.717, 1.165) is 27.0 Å². The van der Waals surface area contributed by atoms with E-state index in [9.17, 15) is 4.79 Å². The lowest BCUT2D eigenvalue weighted by atomic mass is 10.1. The molecule has 6 heteroatoms. The first-order valence-corrected chi connectivity index (χ1v) is 8.91. The van der Waals surface area contributed by atoms with Gasteiger partial charge in [0.25, 0.3) is 5.91 Å². The van der Waals surface area contributed by atoms with Gasteiger partial charge in [0.15, 0.2) is 5.13 Å². The summed E-state index contributed by atoms with van der Waals surface area (Å²) in [5.41, 5.74) is 3.46. The molecule has 0 aliphatic rings. The van der Waals surface area contributed by atoms with E-state index in [1.165, 1.54) is 11.3 Å². The lowest BCUT2D eigenvalue weighted by Gasteiger charge is -2.05. The highest BCUT2D eigenvalue weighted by Gasteiger charge is 2.11. The number of thiazole rings is 1. The molecule has 1 N–H and O–H groups in total. The van der Waals surface area contributed by atoms with Crippen molar-refractivity contribution in [3.63, 3.8) is 0 Å². The molecule has 0 aliphatic carbocycles. The first kappa shape index (κ1) is 16.7. The van der Waals surface area contributed by atoms with Crippen LogP contribution in [0.5, 0.6) is 5.75 Å². The maximum Gasteiger partial charge on any atom is 0.257 e. The standard InChI is InChI=1S/C18H15BrN2O2S/c1-11-9-13(5-8-16(11)23-2)15-10-24-18(20-15)21-17(22)12-3-6-14(19)7-4-12/h3-10H,1-2H3,(H,20,21,22). The van der Waals surface area contributed by atoms with Crippen molar-refractivity contribution < 1.29 is 9.53 Å². The Bertz CT molecular complexity index is 875. The van der Waals surface area contributed by atoms with Crippen LogP contribution in [0, 0.1) is 6.92 Å². The molecular weight excluding hydrogens is 388 g/mol. The summed E-state index contributed by atoms with van der Waals surface area (Å²) in [6, 6.07) is 13.1. The second kappa shape index (κ2) is 7.15. The van der Waals surface area contributed by atoms with Crippen LogP contribution in [0.4, 0.5) is 5.13 Å². The number of methoxy groups -OCH3 is 1. The minimum Gasteiger partial charge on any atom is -0.496 e. The first-order chi connectivity index (χ1) is 11.6. The first-order valence-electron chi connectivity index (χ1n) is 7.24. The Balaban J connectivity index is 1.77. The molecule has 0 unspecified atom stereocenters. The van der Waals surface area contributed by atoms with Gasteiger partial charge in [-0.1, -0.05) is 15.9 Å². The Labute approximate surface area is 152 Å². The van der Waals surface area contributed by atoms with Gasteiger partial charge < -0.3 is 4.74 Å². The number of rotatable bonds is 4. The minimum absolute atomic E-state index is 0.172. The summed E-state index contributed by atoms with van der Waals surface area (Å²) in [5.74, 6) is 0.673. The molecule has 0 saturated heterocycles. The van der Waals surface area contributed by atoms with Crippen molar-refractivity contribution in [2.45, 2.75) is 6.92 Å². The SMILES string of the molecule is COc1ccc(-c2csc(NC(=O)c3ccc(Br)cc3)n2)cc1C. The maximum atomic E-state index is 12.2. The molecule has 0 fully saturated rings. The predicted octanol–water partition coefficient (Wildman–Crippen LogP) is 5.14. The molecule has 0 bridgehead atoms. The fourth-order valence-electron chi connectivity index (χ4n) is 2.27. The van der Waals surface area contributed by atoms with Crippen LogP contribution in [0.25, 0.3) is 11.3 Å². The number of hydrogen-bond donors (Lipinski definition) is 1. The van der Waals surface area contributed by atoms with Crippen LogP contribution in [-0.4, -0.2) is 18.0 Å². The van der Waals surface area contributed by atoms with Gasteiger partial charge in [-0.05, 0) is 55.0 Å². The highest BCUT2D eigenvalue weighted by Crippen LogP contribution is 2.29. The third kappa shape index (κ3) is 3.66. The van der Waals surface area contributed by atoms with E-state index in [-0.39, 0.29) is 5.91 Å². The second-order valence-corrected chi connectivity index (χ2v) is 6.96. The summed E-state index contributed by atoms with van der Waals surface area (Å²) < 4.78 is 6.21. The van der Waals surface area contributed by atoms with Crippen molar-refractivity contribution >= 4 is 38.3 Å². The Morgan fingerprint density at radius 1 is 1.21 bits per heavy atom. The lowest BCUT2D eigenvalue weighted by Crippen LogP contribution is -2.11. The topological polar surface area (TPSA) is 51.2 Å². The number of halogens is 1. The van der Waals surface area contributed by atoms with E-state index < -0.39 is 0 Å². The van der Waals surface area contributed by atoms with E-state index in [4.69, 9.17) is 4.74 Å². The average Bonchev–Trinajstić information content (AvgIpc) is 3.04. The summed E-state index contributed by atoms with van der Waals surface area (Å²) in [6.45, 7) is 1.99. The number of nitrogens with one attached hydrogen (secondary N) is 1. The van der Waals surface area contributed by atoms with Gasteiger partial charge in [-0.3, -0.25) is 10.1 Å².